The summed E-state index contributed by atoms with van der Waals surface area (Å²) in [6.45, 7) is 0. The predicted octanol–water partition coefficient (Wildman–Crippen LogP) is 1.67. The van der Waals surface area contributed by atoms with Gasteiger partial charge in [-0.3, -0.25) is 0 Å². The van der Waals surface area contributed by atoms with E-state index in [0.29, 0.717) is 16.9 Å². The molecular weight excluding hydrogens is 294 g/mol. The van der Waals surface area contributed by atoms with Crippen molar-refractivity contribution in [2.24, 2.45) is 0 Å². The van der Waals surface area contributed by atoms with Crippen molar-refractivity contribution in [1.82, 2.24) is 15.0 Å². The fourth-order valence-corrected chi connectivity index (χ4v) is 2.33. The molecule has 0 atom stereocenters. The fraction of sp³-hybridized carbons (Fsp3) is 0.125. The van der Waals surface area contributed by atoms with Crippen LogP contribution in [-0.2, 0) is 12.8 Å². The molecule has 3 rings (SSSR count). The molecule has 0 spiro atoms. The minimum absolute atomic E-state index is 0.105. The topological polar surface area (TPSA) is 128 Å². The number of hydrogen-bond acceptors (Lipinski definition) is 6. The molecule has 1 aromatic carbocycles. The zero-order chi connectivity index (χ0) is 16.4. The number of aryl methyl sites for hydroxylation is 2. The van der Waals surface area contributed by atoms with Crippen LogP contribution in [0.4, 0.5) is 11.8 Å². The number of nitrogens with zero attached hydrogens (tertiary/aromatic N) is 3. The number of rotatable bonds is 4. The summed E-state index contributed by atoms with van der Waals surface area (Å²) in [5.41, 5.74) is 14.2. The summed E-state index contributed by atoms with van der Waals surface area (Å²) >= 11 is 0. The first-order valence-electron chi connectivity index (χ1n) is 7.03. The average molecular weight is 309 g/mol. The number of carboxylic acids is 1. The maximum absolute atomic E-state index is 10.8. The SMILES string of the molecule is Nc1nc(N)c2cc(CCc3ccc(C(=O)O)cc3)cnc2n1. The largest absolute Gasteiger partial charge is 0.478 e. The Bertz CT molecular complexity index is 878. The fourth-order valence-electron chi connectivity index (χ4n) is 2.33. The second kappa shape index (κ2) is 5.88. The molecule has 7 heteroatoms. The lowest BCUT2D eigenvalue weighted by Gasteiger charge is -2.06. The molecule has 0 unspecified atom stereocenters. The Morgan fingerprint density at radius 2 is 1.74 bits per heavy atom. The van der Waals surface area contributed by atoms with Gasteiger partial charge in [0.05, 0.1) is 10.9 Å². The van der Waals surface area contributed by atoms with Gasteiger partial charge in [-0.2, -0.15) is 9.97 Å². The van der Waals surface area contributed by atoms with Gasteiger partial charge in [-0.25, -0.2) is 9.78 Å². The van der Waals surface area contributed by atoms with E-state index in [1.54, 1.807) is 18.3 Å². The number of aromatic carboxylic acids is 1. The highest BCUT2D eigenvalue weighted by Gasteiger charge is 2.07. The minimum Gasteiger partial charge on any atom is -0.478 e. The maximum Gasteiger partial charge on any atom is 0.335 e. The minimum atomic E-state index is -0.926. The summed E-state index contributed by atoms with van der Waals surface area (Å²) in [7, 11) is 0. The smallest absolute Gasteiger partial charge is 0.335 e. The Morgan fingerprint density at radius 1 is 1.04 bits per heavy atom. The third-order valence-corrected chi connectivity index (χ3v) is 3.56. The van der Waals surface area contributed by atoms with Crippen molar-refractivity contribution in [1.29, 1.82) is 0 Å². The zero-order valence-electron chi connectivity index (χ0n) is 12.2. The standard InChI is InChI=1S/C16H15N5O2/c17-13-12-7-10(8-19-14(12)21-16(18)20-13)2-1-9-3-5-11(6-4-9)15(22)23/h3-8H,1-2H2,(H,22,23)(H4,17,18,19,20,21). The Kier molecular flexibility index (Phi) is 3.76. The van der Waals surface area contributed by atoms with Crippen molar-refractivity contribution in [2.45, 2.75) is 12.8 Å². The number of benzene rings is 1. The normalized spacial score (nSPS) is 10.8. The number of nitrogens with two attached hydrogens (primary N) is 2. The van der Waals surface area contributed by atoms with E-state index in [1.165, 1.54) is 0 Å². The first kappa shape index (κ1) is 14.7. The number of hydrogen-bond donors (Lipinski definition) is 3. The predicted molar refractivity (Wildman–Crippen MR) is 87.0 cm³/mol. The van der Waals surface area contributed by atoms with Crippen molar-refractivity contribution in [3.63, 3.8) is 0 Å². The summed E-state index contributed by atoms with van der Waals surface area (Å²) in [5, 5.41) is 9.57. The van der Waals surface area contributed by atoms with E-state index in [2.05, 4.69) is 15.0 Å². The van der Waals surface area contributed by atoms with Gasteiger partial charge in [0, 0.05) is 6.20 Å². The highest BCUT2D eigenvalue weighted by Crippen LogP contribution is 2.19. The molecule has 23 heavy (non-hydrogen) atoms. The summed E-state index contributed by atoms with van der Waals surface area (Å²) in [5.74, 6) is -0.508. The van der Waals surface area contributed by atoms with Crippen molar-refractivity contribution in [3.8, 4) is 0 Å². The second-order valence-corrected chi connectivity index (χ2v) is 5.18. The first-order chi connectivity index (χ1) is 11.0. The summed E-state index contributed by atoms with van der Waals surface area (Å²) in [6.07, 6.45) is 3.25. The summed E-state index contributed by atoms with van der Waals surface area (Å²) in [4.78, 5) is 23.1. The van der Waals surface area contributed by atoms with Gasteiger partial charge >= 0.3 is 5.97 Å². The van der Waals surface area contributed by atoms with E-state index in [-0.39, 0.29) is 11.5 Å². The van der Waals surface area contributed by atoms with Gasteiger partial charge < -0.3 is 16.6 Å². The molecule has 0 saturated carbocycles. The number of carboxylic acid groups (broad SMARTS) is 1. The molecule has 0 radical (unpaired) electrons. The van der Waals surface area contributed by atoms with Crippen molar-refractivity contribution in [2.75, 3.05) is 11.5 Å². The third kappa shape index (κ3) is 3.18. The Balaban J connectivity index is 1.78. The molecule has 0 aliphatic rings. The molecular formula is C16H15N5O2. The van der Waals surface area contributed by atoms with Gasteiger partial charge in [0.15, 0.2) is 5.65 Å². The number of carbonyl (C=O) groups is 1. The first-order valence-corrected chi connectivity index (χ1v) is 7.03. The second-order valence-electron chi connectivity index (χ2n) is 5.18. The van der Waals surface area contributed by atoms with E-state index >= 15 is 0 Å². The van der Waals surface area contributed by atoms with Crippen LogP contribution in [-0.4, -0.2) is 26.0 Å². The number of fused-ring (bicyclic) bond motifs is 1. The molecule has 3 aromatic rings. The number of nitrogen functional groups attached to an aromatic ring is 2. The molecule has 0 aliphatic heterocycles. The van der Waals surface area contributed by atoms with E-state index in [1.807, 2.05) is 18.2 Å². The monoisotopic (exact) mass is 309 g/mol. The van der Waals surface area contributed by atoms with Gasteiger partial charge in [0.1, 0.15) is 5.82 Å². The Hall–Kier alpha value is -3.22. The van der Waals surface area contributed by atoms with Gasteiger partial charge in [0.2, 0.25) is 5.95 Å². The van der Waals surface area contributed by atoms with Crippen LogP contribution in [0, 0.1) is 0 Å². The molecule has 0 saturated heterocycles. The lowest BCUT2D eigenvalue weighted by molar-refractivity contribution is 0.0697. The number of anilines is 2. The Labute approximate surface area is 132 Å². The quantitative estimate of drug-likeness (QED) is 0.668. The highest BCUT2D eigenvalue weighted by atomic mass is 16.4. The molecule has 2 aromatic heterocycles. The summed E-state index contributed by atoms with van der Waals surface area (Å²) < 4.78 is 0. The van der Waals surface area contributed by atoms with Crippen LogP contribution in [0.1, 0.15) is 21.5 Å². The lowest BCUT2D eigenvalue weighted by atomic mass is 10.0. The van der Waals surface area contributed by atoms with E-state index in [0.717, 1.165) is 24.0 Å². The molecule has 0 aliphatic carbocycles. The lowest BCUT2D eigenvalue weighted by Crippen LogP contribution is -2.02. The van der Waals surface area contributed by atoms with Gasteiger partial charge in [-0.05, 0) is 42.2 Å². The van der Waals surface area contributed by atoms with Crippen LogP contribution in [0.5, 0.6) is 0 Å². The third-order valence-electron chi connectivity index (χ3n) is 3.56. The molecule has 0 fully saturated rings. The number of pyridine rings is 1. The van der Waals surface area contributed by atoms with Gasteiger partial charge in [-0.1, -0.05) is 12.1 Å². The molecule has 116 valence electrons. The molecule has 0 bridgehead atoms. The molecule has 7 nitrogen and oxygen atoms in total. The van der Waals surface area contributed by atoms with Crippen LogP contribution in [0.2, 0.25) is 0 Å². The number of aromatic nitrogens is 3. The molecule has 5 N–H and O–H groups in total. The summed E-state index contributed by atoms with van der Waals surface area (Å²) in [6, 6.07) is 8.74. The van der Waals surface area contributed by atoms with Crippen LogP contribution in [0.3, 0.4) is 0 Å². The van der Waals surface area contributed by atoms with Crippen molar-refractivity contribution >= 4 is 28.8 Å². The van der Waals surface area contributed by atoms with Crippen molar-refractivity contribution < 1.29 is 9.90 Å². The Morgan fingerprint density at radius 3 is 2.43 bits per heavy atom. The molecule has 2 heterocycles. The van der Waals surface area contributed by atoms with Crippen molar-refractivity contribution in [3.05, 3.63) is 53.2 Å². The van der Waals surface area contributed by atoms with Crippen LogP contribution in [0.25, 0.3) is 11.0 Å². The van der Waals surface area contributed by atoms with Crippen LogP contribution in [0.15, 0.2) is 36.5 Å². The average Bonchev–Trinajstić information content (AvgIpc) is 2.53. The zero-order valence-corrected chi connectivity index (χ0v) is 12.2. The van der Waals surface area contributed by atoms with E-state index < -0.39 is 5.97 Å². The molecule has 0 amide bonds. The highest BCUT2D eigenvalue weighted by molar-refractivity contribution is 5.87. The van der Waals surface area contributed by atoms with E-state index in [4.69, 9.17) is 16.6 Å². The van der Waals surface area contributed by atoms with Crippen LogP contribution >= 0.6 is 0 Å². The van der Waals surface area contributed by atoms with E-state index in [9.17, 15) is 4.79 Å². The maximum atomic E-state index is 10.8. The van der Waals surface area contributed by atoms with Crippen LogP contribution < -0.4 is 11.5 Å². The van der Waals surface area contributed by atoms with Gasteiger partial charge in [-0.15, -0.1) is 0 Å². The van der Waals surface area contributed by atoms with Gasteiger partial charge in [0.25, 0.3) is 0 Å².